The van der Waals surface area contributed by atoms with Gasteiger partial charge >= 0.3 is 6.18 Å². The molecule has 4 nitrogen and oxygen atoms in total. The molecular weight excluding hydrogens is 261 g/mol. The van der Waals surface area contributed by atoms with E-state index in [2.05, 4.69) is 4.98 Å². The second kappa shape index (κ2) is 5.73. The molecular formula is C12H17F3N2O2. The van der Waals surface area contributed by atoms with Gasteiger partial charge in [0, 0.05) is 18.9 Å². The molecule has 0 bridgehead atoms. The predicted octanol–water partition coefficient (Wildman–Crippen LogP) is 2.41. The van der Waals surface area contributed by atoms with Gasteiger partial charge in [0.1, 0.15) is 5.78 Å². The van der Waals surface area contributed by atoms with Crippen molar-refractivity contribution >= 4 is 5.78 Å². The van der Waals surface area contributed by atoms with Crippen molar-refractivity contribution in [2.24, 2.45) is 0 Å². The summed E-state index contributed by atoms with van der Waals surface area (Å²) in [6, 6.07) is 0. The number of ketones is 1. The van der Waals surface area contributed by atoms with Gasteiger partial charge in [0.2, 0.25) is 5.60 Å². The van der Waals surface area contributed by atoms with Gasteiger partial charge < -0.3 is 9.67 Å². The van der Waals surface area contributed by atoms with E-state index < -0.39 is 29.8 Å². The van der Waals surface area contributed by atoms with Gasteiger partial charge in [-0.1, -0.05) is 13.3 Å². The molecule has 0 aromatic carbocycles. The Balaban J connectivity index is 3.18. The molecule has 0 saturated heterocycles. The van der Waals surface area contributed by atoms with E-state index in [4.69, 9.17) is 0 Å². The van der Waals surface area contributed by atoms with Crippen LogP contribution in [0.1, 0.15) is 38.9 Å². The Morgan fingerprint density at radius 3 is 2.58 bits per heavy atom. The van der Waals surface area contributed by atoms with Gasteiger partial charge in [-0.25, -0.2) is 4.98 Å². The minimum atomic E-state index is -4.95. The summed E-state index contributed by atoms with van der Waals surface area (Å²) in [5.74, 6) is -1.27. The maximum Gasteiger partial charge on any atom is 0.424 e. The molecule has 1 atom stereocenters. The molecule has 1 N–H and O–H groups in total. The third-order valence-corrected chi connectivity index (χ3v) is 2.81. The number of aryl methyl sites for hydroxylation is 1. The molecule has 0 saturated carbocycles. The maximum atomic E-state index is 13.1. The molecule has 1 rings (SSSR count). The van der Waals surface area contributed by atoms with Crippen LogP contribution in [-0.2, 0) is 16.9 Å². The number of alkyl halides is 3. The van der Waals surface area contributed by atoms with Crippen molar-refractivity contribution < 1.29 is 23.1 Å². The molecule has 0 aliphatic rings. The zero-order valence-corrected chi connectivity index (χ0v) is 10.9. The van der Waals surface area contributed by atoms with Gasteiger partial charge in [-0.3, -0.25) is 4.79 Å². The van der Waals surface area contributed by atoms with E-state index in [1.807, 2.05) is 6.92 Å². The van der Waals surface area contributed by atoms with Crippen molar-refractivity contribution in [1.82, 2.24) is 9.55 Å². The lowest BCUT2D eigenvalue weighted by Crippen LogP contribution is -2.46. The van der Waals surface area contributed by atoms with Crippen LogP contribution in [0.3, 0.4) is 0 Å². The number of Topliss-reactive ketones (excluding diaryl/α,β-unsaturated/α-hetero) is 1. The van der Waals surface area contributed by atoms with Crippen LogP contribution in [-0.4, -0.2) is 26.6 Å². The summed E-state index contributed by atoms with van der Waals surface area (Å²) in [6.07, 6.45) is -1.94. The van der Waals surface area contributed by atoms with Gasteiger partial charge in [0.15, 0.2) is 5.82 Å². The second-order valence-electron chi connectivity index (χ2n) is 4.53. The molecule has 0 aliphatic heterocycles. The number of nitrogens with zero attached hydrogens (tertiary/aromatic N) is 2. The van der Waals surface area contributed by atoms with Crippen LogP contribution in [0.25, 0.3) is 0 Å². The lowest BCUT2D eigenvalue weighted by Gasteiger charge is -2.29. The highest BCUT2D eigenvalue weighted by Crippen LogP contribution is 2.41. The van der Waals surface area contributed by atoms with Gasteiger partial charge in [-0.2, -0.15) is 13.2 Å². The number of imidazole rings is 1. The molecule has 0 unspecified atom stereocenters. The summed E-state index contributed by atoms with van der Waals surface area (Å²) in [7, 11) is 0. The standard InChI is InChI=1S/C12H17F3N2O2/c1-3-4-6-17-7-5-16-10(17)11(19,8-9(2)18)12(13,14)15/h5,7,19H,3-4,6,8H2,1-2H3/t11-/m0/s1. The number of hydrogen-bond acceptors (Lipinski definition) is 3. The number of unbranched alkanes of at least 4 members (excludes halogenated alkanes) is 1. The van der Waals surface area contributed by atoms with Crippen LogP contribution in [0.15, 0.2) is 12.4 Å². The quantitative estimate of drug-likeness (QED) is 0.869. The highest BCUT2D eigenvalue weighted by atomic mass is 19.4. The van der Waals surface area contributed by atoms with E-state index in [-0.39, 0.29) is 0 Å². The zero-order valence-electron chi connectivity index (χ0n) is 10.9. The van der Waals surface area contributed by atoms with Crippen LogP contribution in [0.5, 0.6) is 0 Å². The molecule has 1 aromatic heterocycles. The summed E-state index contributed by atoms with van der Waals surface area (Å²) in [5.41, 5.74) is -3.23. The Morgan fingerprint density at radius 1 is 1.47 bits per heavy atom. The van der Waals surface area contributed by atoms with E-state index in [9.17, 15) is 23.1 Å². The summed E-state index contributed by atoms with van der Waals surface area (Å²) < 4.78 is 40.5. The monoisotopic (exact) mass is 278 g/mol. The number of hydrogen-bond donors (Lipinski definition) is 1. The number of aromatic nitrogens is 2. The number of rotatable bonds is 6. The lowest BCUT2D eigenvalue weighted by atomic mass is 9.95. The Morgan fingerprint density at radius 2 is 2.11 bits per heavy atom. The molecule has 7 heteroatoms. The molecule has 0 spiro atoms. The van der Waals surface area contributed by atoms with Crippen LogP contribution in [0, 0.1) is 0 Å². The SMILES string of the molecule is CCCCn1ccnc1[C@@](O)(CC(C)=O)C(F)(F)F. The largest absolute Gasteiger partial charge is 0.424 e. The van der Waals surface area contributed by atoms with Crippen LogP contribution < -0.4 is 0 Å². The Hall–Kier alpha value is -1.37. The van der Waals surface area contributed by atoms with Crippen LogP contribution in [0.4, 0.5) is 13.2 Å². The van der Waals surface area contributed by atoms with Crippen molar-refractivity contribution in [3.05, 3.63) is 18.2 Å². The fourth-order valence-electron chi connectivity index (χ4n) is 1.85. The summed E-state index contributed by atoms with van der Waals surface area (Å²) >= 11 is 0. The number of carbonyl (C=O) groups is 1. The summed E-state index contributed by atoms with van der Waals surface area (Å²) in [6.45, 7) is 3.24. The van der Waals surface area contributed by atoms with Gasteiger partial charge in [-0.15, -0.1) is 0 Å². The van der Waals surface area contributed by atoms with Gasteiger partial charge in [-0.05, 0) is 13.3 Å². The van der Waals surface area contributed by atoms with E-state index in [0.717, 1.165) is 13.3 Å². The molecule has 1 aromatic rings. The summed E-state index contributed by atoms with van der Waals surface area (Å²) in [5, 5.41) is 9.93. The zero-order chi connectivity index (χ0) is 14.7. The first kappa shape index (κ1) is 15.7. The first-order chi connectivity index (χ1) is 8.72. The van der Waals surface area contributed by atoms with Crippen LogP contribution >= 0.6 is 0 Å². The minimum absolute atomic E-state index is 0.322. The van der Waals surface area contributed by atoms with E-state index >= 15 is 0 Å². The minimum Gasteiger partial charge on any atom is -0.374 e. The first-order valence-electron chi connectivity index (χ1n) is 6.02. The van der Waals surface area contributed by atoms with Crippen molar-refractivity contribution in [2.75, 3.05) is 0 Å². The molecule has 0 fully saturated rings. The fourth-order valence-corrected chi connectivity index (χ4v) is 1.85. The number of carbonyl (C=O) groups excluding carboxylic acids is 1. The third kappa shape index (κ3) is 3.34. The predicted molar refractivity (Wildman–Crippen MR) is 62.4 cm³/mol. The van der Waals surface area contributed by atoms with Crippen molar-refractivity contribution in [3.63, 3.8) is 0 Å². The maximum absolute atomic E-state index is 13.1. The first-order valence-corrected chi connectivity index (χ1v) is 6.02. The fraction of sp³-hybridized carbons (Fsp3) is 0.667. The van der Waals surface area contributed by atoms with Gasteiger partial charge in [0.05, 0.1) is 6.42 Å². The highest BCUT2D eigenvalue weighted by Gasteiger charge is 2.58. The Labute approximate surface area is 109 Å². The average Bonchev–Trinajstić information content (AvgIpc) is 2.72. The Kier molecular flexibility index (Phi) is 4.73. The molecule has 0 aliphatic carbocycles. The number of halogens is 3. The average molecular weight is 278 g/mol. The second-order valence-corrected chi connectivity index (χ2v) is 4.53. The third-order valence-electron chi connectivity index (χ3n) is 2.81. The molecule has 108 valence electrons. The van der Waals surface area contributed by atoms with E-state index in [0.29, 0.717) is 13.0 Å². The topological polar surface area (TPSA) is 55.1 Å². The molecule has 0 amide bonds. The lowest BCUT2D eigenvalue weighted by molar-refractivity contribution is -0.270. The smallest absolute Gasteiger partial charge is 0.374 e. The van der Waals surface area contributed by atoms with Crippen molar-refractivity contribution in [1.29, 1.82) is 0 Å². The molecule has 19 heavy (non-hydrogen) atoms. The normalized spacial score (nSPS) is 15.3. The molecule has 1 heterocycles. The number of aliphatic hydroxyl groups is 1. The van der Waals surface area contributed by atoms with Crippen LogP contribution in [0.2, 0.25) is 0 Å². The highest BCUT2D eigenvalue weighted by molar-refractivity contribution is 5.76. The van der Waals surface area contributed by atoms with E-state index in [1.54, 1.807) is 0 Å². The van der Waals surface area contributed by atoms with E-state index in [1.165, 1.54) is 17.0 Å². The van der Waals surface area contributed by atoms with Crippen molar-refractivity contribution in [2.45, 2.75) is 51.4 Å². The summed E-state index contributed by atoms with van der Waals surface area (Å²) in [4.78, 5) is 14.6. The Bertz CT molecular complexity index is 442. The van der Waals surface area contributed by atoms with Gasteiger partial charge in [0.25, 0.3) is 0 Å². The van der Waals surface area contributed by atoms with Crippen molar-refractivity contribution in [3.8, 4) is 0 Å². The molecule has 0 radical (unpaired) electrons.